The van der Waals surface area contributed by atoms with Gasteiger partial charge in [0.15, 0.2) is 0 Å². The van der Waals surface area contributed by atoms with Crippen LogP contribution in [-0.2, 0) is 22.4 Å². The fourth-order valence-electron chi connectivity index (χ4n) is 6.94. The molecule has 4 aromatic carbocycles. The monoisotopic (exact) mass is 988 g/mol. The van der Waals surface area contributed by atoms with Gasteiger partial charge in [0, 0.05) is 34.3 Å². The van der Waals surface area contributed by atoms with E-state index < -0.39 is 53.9 Å². The molecule has 0 aliphatic rings. The van der Waals surface area contributed by atoms with Gasteiger partial charge in [0.05, 0.1) is 37.3 Å². The molecule has 368 valence electrons. The normalized spacial score (nSPS) is 13.4. The highest BCUT2D eigenvalue weighted by molar-refractivity contribution is 6.31. The number of halogens is 2. The molecule has 0 aliphatic heterocycles. The number of carboxylic acids is 3. The van der Waals surface area contributed by atoms with Crippen LogP contribution in [0.4, 0.5) is 0 Å². The van der Waals surface area contributed by atoms with Gasteiger partial charge in [-0.3, -0.25) is 24.6 Å². The molecule has 10 N–H and O–H groups in total. The molecule has 0 radical (unpaired) electrons. The summed E-state index contributed by atoms with van der Waals surface area (Å²) in [6.07, 6.45) is 1.18. The van der Waals surface area contributed by atoms with Crippen LogP contribution in [0.25, 0.3) is 22.3 Å². The topological polar surface area (TPSA) is 283 Å². The summed E-state index contributed by atoms with van der Waals surface area (Å²) in [7, 11) is 0. The van der Waals surface area contributed by atoms with Crippen LogP contribution in [0.15, 0.2) is 109 Å². The summed E-state index contributed by atoms with van der Waals surface area (Å²) in [6, 6.07) is 32.8. The highest BCUT2D eigenvalue weighted by Gasteiger charge is 2.36. The molecule has 6 rings (SSSR count). The molecule has 69 heavy (non-hydrogen) atoms. The number of benzene rings is 4. The first-order valence-electron chi connectivity index (χ1n) is 21.9. The van der Waals surface area contributed by atoms with Crippen molar-refractivity contribution in [2.45, 2.75) is 65.5 Å². The van der Waals surface area contributed by atoms with Crippen LogP contribution in [0.3, 0.4) is 0 Å². The minimum Gasteiger partial charge on any atom is -0.481 e. The number of hydrogen-bond acceptors (Lipinski definition) is 11. The molecule has 6 aromatic rings. The van der Waals surface area contributed by atoms with E-state index in [1.165, 1.54) is 26.0 Å². The molecule has 0 unspecified atom stereocenters. The Labute approximate surface area is 409 Å². The zero-order chi connectivity index (χ0) is 50.7. The summed E-state index contributed by atoms with van der Waals surface area (Å²) in [5, 5.41) is 63.0. The van der Waals surface area contributed by atoms with Gasteiger partial charge < -0.3 is 46.1 Å². The average Bonchev–Trinajstić information content (AvgIpc) is 4.01. The molecule has 1 amide bonds. The van der Waals surface area contributed by atoms with E-state index in [1.807, 2.05) is 104 Å². The average molecular weight is 990 g/mol. The number of nitrogens with zero attached hydrogens (tertiary/aromatic N) is 2. The second-order valence-corrected chi connectivity index (χ2v) is 17.5. The van der Waals surface area contributed by atoms with E-state index in [9.17, 15) is 39.6 Å². The number of aromatic amines is 2. The van der Waals surface area contributed by atoms with Crippen LogP contribution in [0.2, 0.25) is 10.0 Å². The second kappa shape index (κ2) is 26.1. The number of rotatable bonds is 21. The van der Waals surface area contributed by atoms with Gasteiger partial charge in [-0.25, -0.2) is 4.79 Å². The Morgan fingerprint density at radius 3 is 1.48 bits per heavy atom. The molecular weight excluding hydrogens is 931 g/mol. The SMILES string of the molecule is CCOc1cc(C(=O)N[C@H](Cc2ccc(-c3cccc(Cl)c3)cc2)C[C@@](C)(CO)C(=O)O)[nH]n1.CCOc1cc(C(=O)O)[nH]n1.C[C@@](CO)(C[C@H](N)Cc1ccc(-c2cccc(Cl)c2)cc1)C(=O)O. The van der Waals surface area contributed by atoms with Gasteiger partial charge in [-0.1, -0.05) is 96.0 Å². The standard InChI is InChI=1S/C25H28ClN3O5.C19H22ClNO3.C6H8N2O3/c1-3-34-22-13-21(28-29-22)23(31)27-20(14-25(2,15-30)24(32)33)11-16-7-9-17(10-8-16)18-5-4-6-19(26)12-18;1-19(12-22,18(23)24)11-17(21)9-13-5-7-14(8-6-13)15-3-2-4-16(20)10-15;1-2-11-5-3-4(6(9)10)7-8-5/h4-10,12-13,20,30H,3,11,14-15H2,1-2H3,(H,27,31)(H,28,29)(H,32,33);2-8,10,17,22H,9,11-12,21H2,1H3,(H,23,24);3H,2H2,1H3,(H,7,8)(H,9,10)/t20-,25+;17-,19+;/m11./s1. The van der Waals surface area contributed by atoms with Gasteiger partial charge >= 0.3 is 17.9 Å². The number of aromatic carboxylic acids is 1. The van der Waals surface area contributed by atoms with Gasteiger partial charge in [0.25, 0.3) is 5.91 Å². The minimum absolute atomic E-state index is 0.0348. The molecule has 0 bridgehead atoms. The minimum atomic E-state index is -1.41. The number of aliphatic carboxylic acids is 2. The lowest BCUT2D eigenvalue weighted by atomic mass is 9.82. The summed E-state index contributed by atoms with van der Waals surface area (Å²) in [4.78, 5) is 46.1. The molecule has 19 heteroatoms. The Kier molecular flexibility index (Phi) is 20.8. The van der Waals surface area contributed by atoms with Gasteiger partial charge in [-0.15, -0.1) is 10.2 Å². The fraction of sp³-hybridized carbons (Fsp3) is 0.320. The number of hydrogen-bond donors (Lipinski definition) is 9. The zero-order valence-electron chi connectivity index (χ0n) is 38.6. The number of nitrogens with two attached hydrogens (primary N) is 1. The molecule has 4 atom stereocenters. The highest BCUT2D eigenvalue weighted by atomic mass is 35.5. The number of carbonyl (C=O) groups is 4. The molecular formula is C50H58Cl2N6O11. The number of amides is 1. The van der Waals surface area contributed by atoms with Gasteiger partial charge in [0.1, 0.15) is 11.4 Å². The molecule has 0 saturated carbocycles. The van der Waals surface area contributed by atoms with Crippen LogP contribution in [0.1, 0.15) is 72.6 Å². The Morgan fingerprint density at radius 1 is 0.638 bits per heavy atom. The molecule has 0 aliphatic carbocycles. The third kappa shape index (κ3) is 16.8. The molecule has 2 aromatic heterocycles. The quantitative estimate of drug-likeness (QED) is 0.0333. The molecule has 0 fully saturated rings. The van der Waals surface area contributed by atoms with E-state index in [-0.39, 0.29) is 30.3 Å². The first-order chi connectivity index (χ1) is 32.8. The summed E-state index contributed by atoms with van der Waals surface area (Å²) < 4.78 is 10.2. The first-order valence-corrected chi connectivity index (χ1v) is 22.6. The van der Waals surface area contributed by atoms with Crippen molar-refractivity contribution in [1.82, 2.24) is 25.7 Å². The lowest BCUT2D eigenvalue weighted by Crippen LogP contribution is -2.44. The molecule has 0 saturated heterocycles. The van der Waals surface area contributed by atoms with Crippen molar-refractivity contribution in [2.24, 2.45) is 16.6 Å². The lowest BCUT2D eigenvalue weighted by Gasteiger charge is -2.28. The number of nitrogens with one attached hydrogen (secondary N) is 3. The third-order valence-electron chi connectivity index (χ3n) is 10.8. The van der Waals surface area contributed by atoms with Crippen LogP contribution in [0, 0.1) is 10.8 Å². The Morgan fingerprint density at radius 2 is 1.07 bits per heavy atom. The number of H-pyrrole nitrogens is 2. The van der Waals surface area contributed by atoms with Gasteiger partial charge in [-0.2, -0.15) is 0 Å². The Hall–Kier alpha value is -6.76. The molecule has 0 spiro atoms. The van der Waals surface area contributed by atoms with Crippen molar-refractivity contribution >= 4 is 47.0 Å². The maximum absolute atomic E-state index is 12.8. The van der Waals surface area contributed by atoms with Gasteiger partial charge in [-0.05, 0) is 111 Å². The summed E-state index contributed by atoms with van der Waals surface area (Å²) in [6.45, 7) is 6.48. The Bertz CT molecular complexity index is 2610. The van der Waals surface area contributed by atoms with Crippen LogP contribution in [-0.4, -0.2) is 108 Å². The van der Waals surface area contributed by atoms with Crippen LogP contribution in [0.5, 0.6) is 11.8 Å². The number of aromatic nitrogens is 4. The second-order valence-electron chi connectivity index (χ2n) is 16.6. The molecule has 2 heterocycles. The maximum atomic E-state index is 12.8. The summed E-state index contributed by atoms with van der Waals surface area (Å²) in [5.74, 6) is -3.04. The van der Waals surface area contributed by atoms with Crippen molar-refractivity contribution in [2.75, 3.05) is 26.4 Å². The number of ether oxygens (including phenoxy) is 2. The highest BCUT2D eigenvalue weighted by Crippen LogP contribution is 2.29. The Balaban J connectivity index is 0.000000255. The smallest absolute Gasteiger partial charge is 0.354 e. The van der Waals surface area contributed by atoms with Crippen molar-refractivity contribution in [1.29, 1.82) is 0 Å². The number of aliphatic hydroxyl groups excluding tert-OH is 2. The largest absolute Gasteiger partial charge is 0.481 e. The number of aliphatic hydroxyl groups is 2. The predicted molar refractivity (Wildman–Crippen MR) is 262 cm³/mol. The maximum Gasteiger partial charge on any atom is 0.354 e. The van der Waals surface area contributed by atoms with E-state index in [1.54, 1.807) is 6.92 Å². The molecule has 17 nitrogen and oxygen atoms in total. The van der Waals surface area contributed by atoms with E-state index in [0.717, 1.165) is 33.4 Å². The van der Waals surface area contributed by atoms with Crippen molar-refractivity contribution < 1.29 is 54.2 Å². The van der Waals surface area contributed by atoms with Crippen molar-refractivity contribution in [3.05, 3.63) is 142 Å². The number of carboxylic acid groups (broad SMARTS) is 3. The van der Waals surface area contributed by atoms with E-state index >= 15 is 0 Å². The van der Waals surface area contributed by atoms with E-state index in [4.69, 9.17) is 43.5 Å². The van der Waals surface area contributed by atoms with Crippen LogP contribution < -0.4 is 20.5 Å². The predicted octanol–water partition coefficient (Wildman–Crippen LogP) is 7.80. The van der Waals surface area contributed by atoms with E-state index in [2.05, 4.69) is 25.7 Å². The zero-order valence-corrected chi connectivity index (χ0v) is 40.1. The van der Waals surface area contributed by atoms with Gasteiger partial charge in [0.2, 0.25) is 11.8 Å². The van der Waals surface area contributed by atoms with Crippen molar-refractivity contribution in [3.8, 4) is 34.0 Å². The summed E-state index contributed by atoms with van der Waals surface area (Å²) >= 11 is 12.1. The summed E-state index contributed by atoms with van der Waals surface area (Å²) in [5.41, 5.74) is 9.69. The van der Waals surface area contributed by atoms with E-state index in [0.29, 0.717) is 47.9 Å². The lowest BCUT2D eigenvalue weighted by molar-refractivity contribution is -0.152. The third-order valence-corrected chi connectivity index (χ3v) is 11.3. The van der Waals surface area contributed by atoms with Crippen molar-refractivity contribution in [3.63, 3.8) is 0 Å². The fourth-order valence-corrected chi connectivity index (χ4v) is 7.32. The number of carbonyl (C=O) groups excluding carboxylic acids is 1. The first kappa shape index (κ1) is 54.8. The van der Waals surface area contributed by atoms with Crippen LogP contribution >= 0.6 is 23.2 Å².